The third-order valence-corrected chi connectivity index (χ3v) is 2.86. The van der Waals surface area contributed by atoms with Gasteiger partial charge in [0.2, 0.25) is 0 Å². The summed E-state index contributed by atoms with van der Waals surface area (Å²) >= 11 is 0. The second kappa shape index (κ2) is 5.84. The summed E-state index contributed by atoms with van der Waals surface area (Å²) in [6.07, 6.45) is 0. The Morgan fingerprint density at radius 2 is 2.26 bits per heavy atom. The summed E-state index contributed by atoms with van der Waals surface area (Å²) in [7, 11) is 0. The molecule has 2 rings (SSSR count). The van der Waals surface area contributed by atoms with E-state index in [4.69, 9.17) is 4.42 Å². The van der Waals surface area contributed by atoms with Gasteiger partial charge in [-0.25, -0.2) is 4.98 Å². The summed E-state index contributed by atoms with van der Waals surface area (Å²) in [4.78, 5) is 16.3. The number of hydrogen-bond acceptors (Lipinski definition) is 4. The monoisotopic (exact) mass is 261 g/mol. The Labute approximate surface area is 112 Å². The fraction of sp³-hybridized carbons (Fsp3) is 0.429. The molecule has 0 spiro atoms. The van der Waals surface area contributed by atoms with Gasteiger partial charge in [0.1, 0.15) is 5.52 Å². The highest BCUT2D eigenvalue weighted by Gasteiger charge is 2.13. The van der Waals surface area contributed by atoms with Crippen molar-refractivity contribution in [3.05, 3.63) is 29.7 Å². The molecule has 2 aromatic heterocycles. The van der Waals surface area contributed by atoms with Gasteiger partial charge in [0.05, 0.1) is 0 Å². The molecule has 5 nitrogen and oxygen atoms in total. The Morgan fingerprint density at radius 3 is 3.00 bits per heavy atom. The molecule has 0 saturated carbocycles. The van der Waals surface area contributed by atoms with Crippen molar-refractivity contribution in [2.75, 3.05) is 13.1 Å². The molecule has 0 aromatic carbocycles. The topological polar surface area (TPSA) is 67.2 Å². The number of likely N-dealkylation sites (N-methyl/N-ethyl adjacent to an activating group) is 1. The first-order valence-electron chi connectivity index (χ1n) is 6.49. The number of furan rings is 1. The van der Waals surface area contributed by atoms with Crippen LogP contribution in [0.5, 0.6) is 0 Å². The molecule has 2 aromatic rings. The summed E-state index contributed by atoms with van der Waals surface area (Å²) in [5, 5.41) is 6.06. The second-order valence-electron chi connectivity index (χ2n) is 4.62. The van der Waals surface area contributed by atoms with Crippen LogP contribution in [-0.4, -0.2) is 30.0 Å². The van der Waals surface area contributed by atoms with Gasteiger partial charge in [0, 0.05) is 24.3 Å². The zero-order chi connectivity index (χ0) is 13.8. The maximum atomic E-state index is 11.9. The smallest absolute Gasteiger partial charge is 0.287 e. The third-order valence-electron chi connectivity index (χ3n) is 2.86. The molecular weight excluding hydrogens is 242 g/mol. The van der Waals surface area contributed by atoms with Crippen molar-refractivity contribution in [3.8, 4) is 0 Å². The Hall–Kier alpha value is -1.88. The highest BCUT2D eigenvalue weighted by atomic mass is 16.3. The van der Waals surface area contributed by atoms with Gasteiger partial charge in [-0.2, -0.15) is 0 Å². The predicted octanol–water partition coefficient (Wildman–Crippen LogP) is 1.86. The molecule has 0 bridgehead atoms. The molecule has 0 unspecified atom stereocenters. The second-order valence-corrected chi connectivity index (χ2v) is 4.62. The van der Waals surface area contributed by atoms with E-state index in [0.29, 0.717) is 23.4 Å². The van der Waals surface area contributed by atoms with Gasteiger partial charge < -0.3 is 15.1 Å². The Kier molecular flexibility index (Phi) is 4.16. The Bertz CT molecular complexity index is 577. The zero-order valence-electron chi connectivity index (χ0n) is 11.5. The molecule has 2 heterocycles. The molecule has 19 heavy (non-hydrogen) atoms. The predicted molar refractivity (Wildman–Crippen MR) is 74.2 cm³/mol. The number of nitrogens with zero attached hydrogens (tertiary/aromatic N) is 1. The highest BCUT2D eigenvalue weighted by Crippen LogP contribution is 2.17. The van der Waals surface area contributed by atoms with Crippen LogP contribution in [0, 0.1) is 6.92 Å². The molecule has 2 N–H and O–H groups in total. The molecule has 1 amide bonds. The highest BCUT2D eigenvalue weighted by molar-refractivity contribution is 5.95. The molecule has 0 aliphatic heterocycles. The van der Waals surface area contributed by atoms with Crippen molar-refractivity contribution in [2.45, 2.75) is 26.8 Å². The van der Waals surface area contributed by atoms with E-state index in [0.717, 1.165) is 12.2 Å². The van der Waals surface area contributed by atoms with Gasteiger partial charge in [-0.05, 0) is 32.5 Å². The normalized spacial score (nSPS) is 12.6. The third kappa shape index (κ3) is 3.32. The average molecular weight is 261 g/mol. The minimum Gasteiger partial charge on any atom is -0.449 e. The first-order chi connectivity index (χ1) is 9.10. The number of carbonyl (C=O) groups excluding carboxylic acids is 1. The lowest BCUT2D eigenvalue weighted by molar-refractivity contribution is 0.0924. The standard InChI is InChI=1S/C14H19N3O2/c1-4-15-10(3)8-16-14(18)13-7-11-12(19-13)6-5-9(2)17-11/h5-7,10,15H,4,8H2,1-3H3,(H,16,18)/t10-/m1/s1. The number of carbonyl (C=O) groups is 1. The van der Waals surface area contributed by atoms with E-state index in [-0.39, 0.29) is 11.9 Å². The van der Waals surface area contributed by atoms with Crippen molar-refractivity contribution in [1.29, 1.82) is 0 Å². The number of hydrogen-bond donors (Lipinski definition) is 2. The van der Waals surface area contributed by atoms with Crippen LogP contribution in [0.25, 0.3) is 11.1 Å². The van der Waals surface area contributed by atoms with Crippen molar-refractivity contribution >= 4 is 17.0 Å². The summed E-state index contributed by atoms with van der Waals surface area (Å²) in [5.74, 6) is 0.0946. The lowest BCUT2D eigenvalue weighted by Crippen LogP contribution is -2.38. The van der Waals surface area contributed by atoms with Gasteiger partial charge in [-0.3, -0.25) is 4.79 Å². The van der Waals surface area contributed by atoms with Gasteiger partial charge in [0.15, 0.2) is 11.3 Å². The lowest BCUT2D eigenvalue weighted by atomic mass is 10.3. The molecule has 0 aliphatic carbocycles. The van der Waals surface area contributed by atoms with Crippen LogP contribution in [-0.2, 0) is 0 Å². The van der Waals surface area contributed by atoms with E-state index in [1.807, 2.05) is 32.9 Å². The first kappa shape index (κ1) is 13.5. The maximum absolute atomic E-state index is 11.9. The van der Waals surface area contributed by atoms with Crippen molar-refractivity contribution in [2.24, 2.45) is 0 Å². The Morgan fingerprint density at radius 1 is 1.47 bits per heavy atom. The SMILES string of the molecule is CCN[C@H](C)CNC(=O)c1cc2nc(C)ccc2o1. The molecular formula is C14H19N3O2. The number of aryl methyl sites for hydroxylation is 1. The maximum Gasteiger partial charge on any atom is 0.287 e. The van der Waals surface area contributed by atoms with Crippen LogP contribution in [0.15, 0.2) is 22.6 Å². The minimum atomic E-state index is -0.208. The largest absolute Gasteiger partial charge is 0.449 e. The number of rotatable bonds is 5. The minimum absolute atomic E-state index is 0.208. The number of fused-ring (bicyclic) bond motifs is 1. The van der Waals surface area contributed by atoms with Gasteiger partial charge >= 0.3 is 0 Å². The summed E-state index contributed by atoms with van der Waals surface area (Å²) < 4.78 is 5.48. The van der Waals surface area contributed by atoms with Crippen LogP contribution in [0.3, 0.4) is 0 Å². The zero-order valence-corrected chi connectivity index (χ0v) is 11.5. The number of pyridine rings is 1. The van der Waals surface area contributed by atoms with E-state index in [9.17, 15) is 4.79 Å². The van der Waals surface area contributed by atoms with E-state index < -0.39 is 0 Å². The van der Waals surface area contributed by atoms with Gasteiger partial charge in [-0.15, -0.1) is 0 Å². The van der Waals surface area contributed by atoms with Crippen LogP contribution in [0.1, 0.15) is 30.1 Å². The lowest BCUT2D eigenvalue weighted by Gasteiger charge is -2.12. The molecule has 0 radical (unpaired) electrons. The molecule has 0 fully saturated rings. The van der Waals surface area contributed by atoms with E-state index in [1.165, 1.54) is 0 Å². The van der Waals surface area contributed by atoms with Crippen LogP contribution < -0.4 is 10.6 Å². The van der Waals surface area contributed by atoms with Gasteiger partial charge in [0.25, 0.3) is 5.91 Å². The molecule has 1 atom stereocenters. The molecule has 0 aliphatic rings. The average Bonchev–Trinajstić information content (AvgIpc) is 2.79. The van der Waals surface area contributed by atoms with Crippen LogP contribution in [0.2, 0.25) is 0 Å². The van der Waals surface area contributed by atoms with Crippen LogP contribution >= 0.6 is 0 Å². The molecule has 102 valence electrons. The van der Waals surface area contributed by atoms with Crippen molar-refractivity contribution in [1.82, 2.24) is 15.6 Å². The fourth-order valence-corrected chi connectivity index (χ4v) is 1.89. The van der Waals surface area contributed by atoms with E-state index in [1.54, 1.807) is 6.07 Å². The number of aromatic nitrogens is 1. The van der Waals surface area contributed by atoms with Gasteiger partial charge in [-0.1, -0.05) is 6.92 Å². The van der Waals surface area contributed by atoms with Crippen molar-refractivity contribution in [3.63, 3.8) is 0 Å². The quantitative estimate of drug-likeness (QED) is 0.862. The summed E-state index contributed by atoms with van der Waals surface area (Å²) in [6, 6.07) is 5.60. The van der Waals surface area contributed by atoms with Crippen molar-refractivity contribution < 1.29 is 9.21 Å². The Balaban J connectivity index is 2.05. The first-order valence-corrected chi connectivity index (χ1v) is 6.49. The molecule has 0 saturated heterocycles. The van der Waals surface area contributed by atoms with Crippen LogP contribution in [0.4, 0.5) is 0 Å². The van der Waals surface area contributed by atoms with E-state index >= 15 is 0 Å². The molecule has 5 heteroatoms. The van der Waals surface area contributed by atoms with E-state index in [2.05, 4.69) is 15.6 Å². The number of amides is 1. The summed E-state index contributed by atoms with van der Waals surface area (Å²) in [5.41, 5.74) is 2.25. The fourth-order valence-electron chi connectivity index (χ4n) is 1.89. The summed E-state index contributed by atoms with van der Waals surface area (Å²) in [6.45, 7) is 7.41. The number of nitrogens with one attached hydrogen (secondary N) is 2.